The summed E-state index contributed by atoms with van der Waals surface area (Å²) in [5.74, 6) is -1.27. The fraction of sp³-hybridized carbons (Fsp3) is 0.833. The average molecular weight is 258 g/mol. The second-order valence-corrected chi connectivity index (χ2v) is 4.77. The van der Waals surface area contributed by atoms with Crippen molar-refractivity contribution in [1.82, 2.24) is 4.90 Å². The Morgan fingerprint density at radius 2 is 2.22 bits per heavy atom. The summed E-state index contributed by atoms with van der Waals surface area (Å²) < 4.78 is 5.16. The van der Waals surface area contributed by atoms with Gasteiger partial charge in [-0.2, -0.15) is 0 Å². The van der Waals surface area contributed by atoms with Crippen LogP contribution >= 0.6 is 0 Å². The third kappa shape index (κ3) is 3.43. The molecule has 0 bridgehead atoms. The van der Waals surface area contributed by atoms with Crippen LogP contribution in [0.1, 0.15) is 26.2 Å². The molecular weight excluding hydrogens is 236 g/mol. The highest BCUT2D eigenvalue weighted by Gasteiger charge is 2.40. The normalized spacial score (nSPS) is 25.2. The number of carboxylic acid groups (broad SMARTS) is 1. The van der Waals surface area contributed by atoms with Crippen molar-refractivity contribution in [2.75, 3.05) is 20.2 Å². The number of carboxylic acids is 1. The van der Waals surface area contributed by atoms with Gasteiger partial charge in [0.2, 0.25) is 5.91 Å². The van der Waals surface area contributed by atoms with Crippen molar-refractivity contribution in [2.24, 2.45) is 11.7 Å². The topological polar surface area (TPSA) is 92.9 Å². The van der Waals surface area contributed by atoms with Gasteiger partial charge in [0.25, 0.3) is 0 Å². The molecule has 3 atom stereocenters. The minimum absolute atomic E-state index is 0.115. The van der Waals surface area contributed by atoms with Crippen LogP contribution in [0, 0.1) is 5.92 Å². The van der Waals surface area contributed by atoms with Gasteiger partial charge in [-0.1, -0.05) is 6.92 Å². The average Bonchev–Trinajstić information content (AvgIpc) is 2.79. The first-order valence-electron chi connectivity index (χ1n) is 6.27. The standard InChI is InChI=1S/C12H22N2O4/c1-8(4-3-5-13)11(15)14-7-9(18-2)6-10(14)12(16)17/h8-10H,3-7,13H2,1-2H3,(H,16,17). The van der Waals surface area contributed by atoms with Gasteiger partial charge >= 0.3 is 5.97 Å². The summed E-state index contributed by atoms with van der Waals surface area (Å²) in [5.41, 5.74) is 5.41. The molecule has 18 heavy (non-hydrogen) atoms. The van der Waals surface area contributed by atoms with Gasteiger partial charge in [-0.25, -0.2) is 4.79 Å². The summed E-state index contributed by atoms with van der Waals surface area (Å²) in [5, 5.41) is 9.13. The maximum atomic E-state index is 12.2. The van der Waals surface area contributed by atoms with E-state index in [-0.39, 0.29) is 17.9 Å². The van der Waals surface area contributed by atoms with Crippen LogP contribution in [-0.2, 0) is 14.3 Å². The van der Waals surface area contributed by atoms with Crippen molar-refractivity contribution in [1.29, 1.82) is 0 Å². The molecule has 104 valence electrons. The van der Waals surface area contributed by atoms with E-state index in [4.69, 9.17) is 15.6 Å². The maximum Gasteiger partial charge on any atom is 0.326 e. The van der Waals surface area contributed by atoms with E-state index in [0.29, 0.717) is 25.9 Å². The minimum atomic E-state index is -0.964. The highest BCUT2D eigenvalue weighted by atomic mass is 16.5. The van der Waals surface area contributed by atoms with Crippen LogP contribution in [0.5, 0.6) is 0 Å². The Balaban J connectivity index is 2.67. The number of rotatable bonds is 6. The molecule has 3 unspecified atom stereocenters. The summed E-state index contributed by atoms with van der Waals surface area (Å²) in [7, 11) is 1.54. The number of likely N-dealkylation sites (tertiary alicyclic amines) is 1. The lowest BCUT2D eigenvalue weighted by atomic mass is 10.0. The first kappa shape index (κ1) is 14.9. The predicted octanol–water partition coefficient (Wildman–Crippen LogP) is 0.0619. The molecule has 1 aliphatic rings. The first-order valence-corrected chi connectivity index (χ1v) is 6.27. The monoisotopic (exact) mass is 258 g/mol. The first-order chi connectivity index (χ1) is 8.51. The molecule has 3 N–H and O–H groups in total. The van der Waals surface area contributed by atoms with Crippen molar-refractivity contribution in [3.05, 3.63) is 0 Å². The number of nitrogens with two attached hydrogens (primary N) is 1. The molecule has 1 amide bonds. The second-order valence-electron chi connectivity index (χ2n) is 4.77. The van der Waals surface area contributed by atoms with E-state index >= 15 is 0 Å². The number of aliphatic carboxylic acids is 1. The molecule has 0 aliphatic carbocycles. The Hall–Kier alpha value is -1.14. The van der Waals surface area contributed by atoms with Gasteiger partial charge in [-0.05, 0) is 19.4 Å². The van der Waals surface area contributed by atoms with Crippen LogP contribution in [0.15, 0.2) is 0 Å². The van der Waals surface area contributed by atoms with Gasteiger partial charge in [0.1, 0.15) is 6.04 Å². The molecule has 6 nitrogen and oxygen atoms in total. The van der Waals surface area contributed by atoms with Gasteiger partial charge in [0.05, 0.1) is 6.10 Å². The summed E-state index contributed by atoms with van der Waals surface area (Å²) in [6.07, 6.45) is 1.64. The summed E-state index contributed by atoms with van der Waals surface area (Å²) in [4.78, 5) is 24.8. The molecule has 0 aromatic heterocycles. The largest absolute Gasteiger partial charge is 0.480 e. The van der Waals surface area contributed by atoms with Crippen molar-refractivity contribution in [3.8, 4) is 0 Å². The smallest absolute Gasteiger partial charge is 0.326 e. The minimum Gasteiger partial charge on any atom is -0.480 e. The summed E-state index contributed by atoms with van der Waals surface area (Å²) >= 11 is 0. The number of methoxy groups -OCH3 is 1. The maximum absolute atomic E-state index is 12.2. The zero-order valence-electron chi connectivity index (χ0n) is 11.0. The second kappa shape index (κ2) is 6.70. The van der Waals surface area contributed by atoms with Gasteiger partial charge < -0.3 is 20.5 Å². The zero-order valence-corrected chi connectivity index (χ0v) is 11.0. The molecule has 0 aromatic carbocycles. The lowest BCUT2D eigenvalue weighted by Gasteiger charge is -2.24. The van der Waals surface area contributed by atoms with Crippen molar-refractivity contribution < 1.29 is 19.4 Å². The Kier molecular flexibility index (Phi) is 5.55. The molecule has 6 heteroatoms. The fourth-order valence-electron chi connectivity index (χ4n) is 2.28. The SMILES string of the molecule is COC1CC(C(=O)O)N(C(=O)C(C)CCCN)C1. The lowest BCUT2D eigenvalue weighted by molar-refractivity contribution is -0.149. The highest BCUT2D eigenvalue weighted by molar-refractivity contribution is 5.85. The van der Waals surface area contributed by atoms with Crippen molar-refractivity contribution in [2.45, 2.75) is 38.3 Å². The van der Waals surface area contributed by atoms with E-state index in [1.807, 2.05) is 6.92 Å². The third-order valence-electron chi connectivity index (χ3n) is 3.43. The van der Waals surface area contributed by atoms with Crippen LogP contribution in [-0.4, -0.2) is 54.2 Å². The number of hydrogen-bond acceptors (Lipinski definition) is 4. The quantitative estimate of drug-likeness (QED) is 0.703. The fourth-order valence-corrected chi connectivity index (χ4v) is 2.28. The van der Waals surface area contributed by atoms with Crippen LogP contribution in [0.25, 0.3) is 0 Å². The van der Waals surface area contributed by atoms with Gasteiger partial charge in [-0.15, -0.1) is 0 Å². The van der Waals surface area contributed by atoms with Crippen molar-refractivity contribution >= 4 is 11.9 Å². The highest BCUT2D eigenvalue weighted by Crippen LogP contribution is 2.23. The molecule has 0 spiro atoms. The number of amides is 1. The number of nitrogens with zero attached hydrogens (tertiary/aromatic N) is 1. The van der Waals surface area contributed by atoms with E-state index in [1.165, 1.54) is 12.0 Å². The number of ether oxygens (including phenoxy) is 1. The zero-order chi connectivity index (χ0) is 13.7. The third-order valence-corrected chi connectivity index (χ3v) is 3.43. The number of carbonyl (C=O) groups is 2. The summed E-state index contributed by atoms with van der Waals surface area (Å²) in [6, 6.07) is -0.761. The molecular formula is C12H22N2O4. The molecule has 1 heterocycles. The molecule has 0 aromatic rings. The van der Waals surface area contributed by atoms with E-state index in [0.717, 1.165) is 6.42 Å². The Bertz CT molecular complexity index is 308. The van der Waals surface area contributed by atoms with E-state index in [9.17, 15) is 9.59 Å². The van der Waals surface area contributed by atoms with Gasteiger partial charge in [0.15, 0.2) is 0 Å². The Morgan fingerprint density at radius 3 is 2.72 bits per heavy atom. The lowest BCUT2D eigenvalue weighted by Crippen LogP contribution is -2.43. The van der Waals surface area contributed by atoms with E-state index < -0.39 is 12.0 Å². The van der Waals surface area contributed by atoms with E-state index in [1.54, 1.807) is 0 Å². The molecule has 1 fully saturated rings. The molecule has 1 rings (SSSR count). The molecule has 1 aliphatic heterocycles. The van der Waals surface area contributed by atoms with Crippen LogP contribution < -0.4 is 5.73 Å². The number of hydrogen-bond donors (Lipinski definition) is 2. The van der Waals surface area contributed by atoms with Crippen molar-refractivity contribution in [3.63, 3.8) is 0 Å². The molecule has 1 saturated heterocycles. The molecule has 0 saturated carbocycles. The summed E-state index contributed by atoms with van der Waals surface area (Å²) in [6.45, 7) is 2.72. The van der Waals surface area contributed by atoms with Crippen LogP contribution in [0.4, 0.5) is 0 Å². The van der Waals surface area contributed by atoms with Crippen LogP contribution in [0.3, 0.4) is 0 Å². The van der Waals surface area contributed by atoms with E-state index in [2.05, 4.69) is 0 Å². The number of carbonyl (C=O) groups excluding carboxylic acids is 1. The Morgan fingerprint density at radius 1 is 1.56 bits per heavy atom. The van der Waals surface area contributed by atoms with Crippen LogP contribution in [0.2, 0.25) is 0 Å². The van der Waals surface area contributed by atoms with Gasteiger partial charge in [0, 0.05) is 26.0 Å². The Labute approximate surface area is 107 Å². The molecule has 0 radical (unpaired) electrons. The predicted molar refractivity (Wildman–Crippen MR) is 66.0 cm³/mol. The van der Waals surface area contributed by atoms with Gasteiger partial charge in [-0.3, -0.25) is 4.79 Å².